The molecule has 0 aliphatic heterocycles. The number of rotatable bonds is 3. The van der Waals surface area contributed by atoms with Crippen LogP contribution in [0.1, 0.15) is 0 Å². The van der Waals surface area contributed by atoms with Crippen molar-refractivity contribution in [3.63, 3.8) is 0 Å². The van der Waals surface area contributed by atoms with Crippen LogP contribution >= 0.6 is 0 Å². The lowest BCUT2D eigenvalue weighted by atomic mass is 9.82. The van der Waals surface area contributed by atoms with E-state index in [0.717, 1.165) is 0 Å². The van der Waals surface area contributed by atoms with Gasteiger partial charge in [-0.25, -0.2) is 0 Å². The van der Waals surface area contributed by atoms with Crippen LogP contribution in [0.3, 0.4) is 0 Å². The molecule has 6 aromatic carbocycles. The monoisotopic (exact) mass is 430 g/mol. The summed E-state index contributed by atoms with van der Waals surface area (Å²) in [6.07, 6.45) is 0. The molecule has 0 amide bonds. The van der Waals surface area contributed by atoms with E-state index in [2.05, 4.69) is 133 Å². The van der Waals surface area contributed by atoms with Crippen LogP contribution in [0.5, 0.6) is 0 Å². The standard InChI is InChI=1S/C34H22/c1-4-12-23(13-5-1)29-22-30(24-14-6-2-7-15-24)33-27-20-10-18-25-19-11-21-28(31(25)27)34(33)32(29)26-16-8-3-9-17-26/h1-22H. The van der Waals surface area contributed by atoms with E-state index in [1.54, 1.807) is 0 Å². The van der Waals surface area contributed by atoms with Crippen molar-refractivity contribution in [2.24, 2.45) is 0 Å². The third-order valence-electron chi connectivity index (χ3n) is 7.00. The Morgan fingerprint density at radius 2 is 0.765 bits per heavy atom. The van der Waals surface area contributed by atoms with E-state index in [9.17, 15) is 0 Å². The molecule has 0 atom stereocenters. The summed E-state index contributed by atoms with van der Waals surface area (Å²) >= 11 is 0. The molecule has 0 heteroatoms. The van der Waals surface area contributed by atoms with Crippen LogP contribution in [0.15, 0.2) is 133 Å². The van der Waals surface area contributed by atoms with Crippen LogP contribution in [0.25, 0.3) is 66.4 Å². The van der Waals surface area contributed by atoms with Crippen molar-refractivity contribution in [1.29, 1.82) is 0 Å². The molecule has 6 aromatic rings. The van der Waals surface area contributed by atoms with Gasteiger partial charge in [-0.1, -0.05) is 127 Å². The van der Waals surface area contributed by atoms with Gasteiger partial charge in [0.15, 0.2) is 0 Å². The second-order valence-corrected chi connectivity index (χ2v) is 8.90. The first-order valence-corrected chi connectivity index (χ1v) is 11.8. The summed E-state index contributed by atoms with van der Waals surface area (Å²) in [6, 6.07) is 48.4. The molecule has 158 valence electrons. The van der Waals surface area contributed by atoms with Crippen LogP contribution in [-0.4, -0.2) is 0 Å². The summed E-state index contributed by atoms with van der Waals surface area (Å²) in [5, 5.41) is 2.66. The molecule has 0 N–H and O–H groups in total. The molecule has 0 unspecified atom stereocenters. The highest BCUT2D eigenvalue weighted by Crippen LogP contribution is 2.56. The summed E-state index contributed by atoms with van der Waals surface area (Å²) in [5.74, 6) is 0. The lowest BCUT2D eigenvalue weighted by Crippen LogP contribution is -1.94. The van der Waals surface area contributed by atoms with E-state index in [0.29, 0.717) is 0 Å². The van der Waals surface area contributed by atoms with Gasteiger partial charge in [-0.05, 0) is 72.5 Å². The zero-order chi connectivity index (χ0) is 22.5. The van der Waals surface area contributed by atoms with Crippen LogP contribution in [0, 0.1) is 0 Å². The molecule has 34 heavy (non-hydrogen) atoms. The van der Waals surface area contributed by atoms with E-state index < -0.39 is 0 Å². The van der Waals surface area contributed by atoms with Crippen molar-refractivity contribution in [2.45, 2.75) is 0 Å². The maximum absolute atomic E-state index is 2.41. The highest BCUT2D eigenvalue weighted by molar-refractivity contribution is 6.22. The van der Waals surface area contributed by atoms with Gasteiger partial charge in [-0.3, -0.25) is 0 Å². The SMILES string of the molecule is c1ccc(-c2cc(-c3ccccc3)c3c(c2-c2ccccc2)-c2cccc4cccc-3c24)cc1. The van der Waals surface area contributed by atoms with Crippen molar-refractivity contribution in [2.75, 3.05) is 0 Å². The van der Waals surface area contributed by atoms with E-state index in [4.69, 9.17) is 0 Å². The summed E-state index contributed by atoms with van der Waals surface area (Å²) in [5.41, 5.74) is 13.0. The fourth-order valence-electron chi connectivity index (χ4n) is 5.59. The quantitative estimate of drug-likeness (QED) is 0.262. The van der Waals surface area contributed by atoms with Gasteiger partial charge in [0, 0.05) is 0 Å². The largest absolute Gasteiger partial charge is 0.0622 e. The number of fused-ring (bicyclic) bond motifs is 3. The third kappa shape index (κ3) is 2.79. The lowest BCUT2D eigenvalue weighted by molar-refractivity contribution is 1.56. The highest BCUT2D eigenvalue weighted by Gasteiger charge is 2.29. The van der Waals surface area contributed by atoms with Crippen molar-refractivity contribution in [1.82, 2.24) is 0 Å². The predicted octanol–water partition coefficient (Wildman–Crippen LogP) is 9.49. The molecule has 0 saturated heterocycles. The fourth-order valence-corrected chi connectivity index (χ4v) is 5.59. The summed E-state index contributed by atoms with van der Waals surface area (Å²) < 4.78 is 0. The highest BCUT2D eigenvalue weighted by atomic mass is 14.3. The maximum Gasteiger partial charge on any atom is -0.000764 e. The molecule has 0 radical (unpaired) electrons. The predicted molar refractivity (Wildman–Crippen MR) is 145 cm³/mol. The molecule has 0 bridgehead atoms. The Morgan fingerprint density at radius 3 is 1.32 bits per heavy atom. The lowest BCUT2D eigenvalue weighted by Gasteiger charge is -2.20. The molecular formula is C34H22. The van der Waals surface area contributed by atoms with Crippen molar-refractivity contribution in [3.8, 4) is 55.6 Å². The first-order chi connectivity index (χ1) is 16.9. The molecule has 7 rings (SSSR count). The Labute approximate surface area is 199 Å². The van der Waals surface area contributed by atoms with Crippen molar-refractivity contribution in [3.05, 3.63) is 133 Å². The van der Waals surface area contributed by atoms with Gasteiger partial charge in [0.25, 0.3) is 0 Å². The van der Waals surface area contributed by atoms with Gasteiger partial charge in [0.1, 0.15) is 0 Å². The summed E-state index contributed by atoms with van der Waals surface area (Å²) in [4.78, 5) is 0. The second kappa shape index (κ2) is 7.57. The Balaban J connectivity index is 1.71. The van der Waals surface area contributed by atoms with Crippen molar-refractivity contribution >= 4 is 10.8 Å². The minimum atomic E-state index is 1.24. The first kappa shape index (κ1) is 19.1. The van der Waals surface area contributed by atoms with Crippen molar-refractivity contribution < 1.29 is 0 Å². The Morgan fingerprint density at radius 1 is 0.294 bits per heavy atom. The van der Waals surface area contributed by atoms with Crippen LogP contribution in [0.4, 0.5) is 0 Å². The van der Waals surface area contributed by atoms with E-state index in [1.165, 1.54) is 66.4 Å². The Bertz CT molecular complexity index is 1660. The van der Waals surface area contributed by atoms with Gasteiger partial charge in [-0.15, -0.1) is 0 Å². The number of hydrogen-bond donors (Lipinski definition) is 0. The number of benzene rings is 6. The molecule has 1 aliphatic carbocycles. The Kier molecular flexibility index (Phi) is 4.25. The topological polar surface area (TPSA) is 0 Å². The molecule has 1 aliphatic rings. The molecular weight excluding hydrogens is 408 g/mol. The molecule has 0 heterocycles. The fraction of sp³-hybridized carbons (Fsp3) is 0. The van der Waals surface area contributed by atoms with E-state index >= 15 is 0 Å². The van der Waals surface area contributed by atoms with Gasteiger partial charge >= 0.3 is 0 Å². The summed E-state index contributed by atoms with van der Waals surface area (Å²) in [7, 11) is 0. The van der Waals surface area contributed by atoms with Gasteiger partial charge in [0.2, 0.25) is 0 Å². The minimum absolute atomic E-state index is 1.24. The minimum Gasteiger partial charge on any atom is -0.0622 e. The third-order valence-corrected chi connectivity index (χ3v) is 7.00. The van der Waals surface area contributed by atoms with Gasteiger partial charge < -0.3 is 0 Å². The molecule has 0 nitrogen and oxygen atoms in total. The first-order valence-electron chi connectivity index (χ1n) is 11.8. The van der Waals surface area contributed by atoms with E-state index in [-0.39, 0.29) is 0 Å². The van der Waals surface area contributed by atoms with Gasteiger partial charge in [0.05, 0.1) is 0 Å². The number of hydrogen-bond acceptors (Lipinski definition) is 0. The molecule has 0 aromatic heterocycles. The van der Waals surface area contributed by atoms with Crippen LogP contribution in [-0.2, 0) is 0 Å². The van der Waals surface area contributed by atoms with E-state index in [1.807, 2.05) is 0 Å². The Hall–Kier alpha value is -4.42. The zero-order valence-corrected chi connectivity index (χ0v) is 18.7. The molecule has 0 saturated carbocycles. The average molecular weight is 431 g/mol. The average Bonchev–Trinajstić information content (AvgIpc) is 3.26. The van der Waals surface area contributed by atoms with Crippen LogP contribution in [0.2, 0.25) is 0 Å². The van der Waals surface area contributed by atoms with Crippen LogP contribution < -0.4 is 0 Å². The maximum atomic E-state index is 2.41. The normalized spacial score (nSPS) is 11.5. The smallest absolute Gasteiger partial charge is 0.000764 e. The molecule has 0 spiro atoms. The van der Waals surface area contributed by atoms with Gasteiger partial charge in [-0.2, -0.15) is 0 Å². The zero-order valence-electron chi connectivity index (χ0n) is 18.7. The second-order valence-electron chi connectivity index (χ2n) is 8.90. The molecule has 0 fully saturated rings. The summed E-state index contributed by atoms with van der Waals surface area (Å²) in [6.45, 7) is 0.